The molecule has 1 amide bonds. The molecule has 6 nitrogen and oxygen atoms in total. The van der Waals surface area contributed by atoms with Gasteiger partial charge in [-0.3, -0.25) is 4.79 Å². The van der Waals surface area contributed by atoms with Crippen molar-refractivity contribution in [3.8, 4) is 11.5 Å². The van der Waals surface area contributed by atoms with E-state index in [2.05, 4.69) is 0 Å². The number of hydrogen-bond donors (Lipinski definition) is 0. The van der Waals surface area contributed by atoms with Crippen LogP contribution >= 0.6 is 0 Å². The molecule has 7 heteroatoms. The molecule has 2 aromatic carbocycles. The van der Waals surface area contributed by atoms with Gasteiger partial charge < -0.3 is 9.47 Å². The number of benzene rings is 2. The molecular formula is C17H17NO5S. The maximum atomic E-state index is 13.1. The van der Waals surface area contributed by atoms with Crippen LogP contribution in [0.25, 0.3) is 0 Å². The number of amides is 1. The van der Waals surface area contributed by atoms with Crippen molar-refractivity contribution in [1.82, 2.24) is 0 Å². The molecule has 0 saturated carbocycles. The summed E-state index contributed by atoms with van der Waals surface area (Å²) in [6.45, 7) is 0. The Morgan fingerprint density at radius 1 is 0.958 bits per heavy atom. The summed E-state index contributed by atoms with van der Waals surface area (Å²) in [6, 6.07) is 11.4. The van der Waals surface area contributed by atoms with Gasteiger partial charge in [0.15, 0.2) is 11.5 Å². The van der Waals surface area contributed by atoms with Crippen molar-refractivity contribution in [2.45, 2.75) is 17.7 Å². The van der Waals surface area contributed by atoms with Gasteiger partial charge in [-0.1, -0.05) is 18.2 Å². The summed E-state index contributed by atoms with van der Waals surface area (Å²) in [6.07, 6.45) is 0.410. The van der Waals surface area contributed by atoms with Crippen LogP contribution in [0, 0.1) is 0 Å². The number of hydrogen-bond acceptors (Lipinski definition) is 5. The lowest BCUT2D eigenvalue weighted by molar-refractivity contribution is -0.117. The third kappa shape index (κ3) is 2.60. The van der Waals surface area contributed by atoms with Gasteiger partial charge in [-0.05, 0) is 30.2 Å². The maximum absolute atomic E-state index is 13.1. The number of carbonyl (C=O) groups is 1. The zero-order chi connectivity index (χ0) is 17.3. The molecule has 2 aromatic rings. The molecule has 0 atom stereocenters. The molecule has 1 aliphatic rings. The number of nitrogens with zero attached hydrogens (tertiary/aromatic N) is 1. The molecule has 126 valence electrons. The van der Waals surface area contributed by atoms with Crippen molar-refractivity contribution in [2.24, 2.45) is 0 Å². The van der Waals surface area contributed by atoms with E-state index < -0.39 is 15.9 Å². The van der Waals surface area contributed by atoms with Crippen LogP contribution in [0.2, 0.25) is 0 Å². The number of carbonyl (C=O) groups excluding carboxylic acids is 1. The molecule has 0 saturated heterocycles. The summed E-state index contributed by atoms with van der Waals surface area (Å²) in [5.41, 5.74) is 0.865. The van der Waals surface area contributed by atoms with Crippen molar-refractivity contribution in [3.63, 3.8) is 0 Å². The predicted octanol–water partition coefficient (Wildman–Crippen LogP) is 2.37. The van der Waals surface area contributed by atoms with Crippen LogP contribution in [-0.2, 0) is 21.2 Å². The lowest BCUT2D eigenvalue weighted by Crippen LogP contribution is -2.35. The van der Waals surface area contributed by atoms with Crippen molar-refractivity contribution >= 4 is 21.6 Å². The number of ether oxygens (including phenoxy) is 2. The van der Waals surface area contributed by atoms with E-state index in [1.165, 1.54) is 20.3 Å². The topological polar surface area (TPSA) is 72.9 Å². The van der Waals surface area contributed by atoms with E-state index in [1.54, 1.807) is 36.4 Å². The fourth-order valence-corrected chi connectivity index (χ4v) is 4.46. The lowest BCUT2D eigenvalue weighted by atomic mass is 10.1. The van der Waals surface area contributed by atoms with Gasteiger partial charge in [-0.25, -0.2) is 12.7 Å². The fraction of sp³-hybridized carbons (Fsp3) is 0.235. The Kier molecular flexibility index (Phi) is 4.19. The highest BCUT2D eigenvalue weighted by Crippen LogP contribution is 2.37. The van der Waals surface area contributed by atoms with Crippen molar-refractivity contribution < 1.29 is 22.7 Å². The number of fused-ring (bicyclic) bond motifs is 1. The molecule has 1 heterocycles. The Hall–Kier alpha value is -2.54. The summed E-state index contributed by atoms with van der Waals surface area (Å²) < 4.78 is 37.5. The van der Waals surface area contributed by atoms with E-state index in [0.717, 1.165) is 4.31 Å². The SMILES string of the molecule is COc1cc2c(cc1OC)S(=O)(=O)N(c1ccccc1)C(=O)CC2. The smallest absolute Gasteiger partial charge is 0.271 e. The van der Waals surface area contributed by atoms with Gasteiger partial charge >= 0.3 is 0 Å². The Bertz CT molecular complexity index is 877. The van der Waals surface area contributed by atoms with Gasteiger partial charge in [0.1, 0.15) is 0 Å². The van der Waals surface area contributed by atoms with Gasteiger partial charge in [-0.15, -0.1) is 0 Å². The van der Waals surface area contributed by atoms with E-state index in [-0.39, 0.29) is 11.3 Å². The van der Waals surface area contributed by atoms with Crippen molar-refractivity contribution in [1.29, 1.82) is 0 Å². The maximum Gasteiger partial charge on any atom is 0.271 e. The first-order chi connectivity index (χ1) is 11.5. The Balaban J connectivity index is 2.23. The predicted molar refractivity (Wildman–Crippen MR) is 89.0 cm³/mol. The Morgan fingerprint density at radius 3 is 2.21 bits per heavy atom. The summed E-state index contributed by atoms with van der Waals surface area (Å²) >= 11 is 0. The number of anilines is 1. The van der Waals surface area contributed by atoms with E-state index in [4.69, 9.17) is 9.47 Å². The molecule has 0 spiro atoms. The third-order valence-electron chi connectivity index (χ3n) is 3.91. The minimum atomic E-state index is -4.03. The number of rotatable bonds is 3. The van der Waals surface area contributed by atoms with Crippen LogP contribution in [0.4, 0.5) is 5.69 Å². The normalized spacial score (nSPS) is 16.2. The van der Waals surface area contributed by atoms with Gasteiger partial charge in [0.05, 0.1) is 24.8 Å². The van der Waals surface area contributed by atoms with Gasteiger partial charge in [-0.2, -0.15) is 0 Å². The van der Waals surface area contributed by atoms with Crippen LogP contribution in [0.1, 0.15) is 12.0 Å². The fourth-order valence-electron chi connectivity index (χ4n) is 2.76. The molecule has 0 fully saturated rings. The number of sulfonamides is 1. The minimum absolute atomic E-state index is 0.0647. The summed E-state index contributed by atoms with van der Waals surface area (Å²) in [5, 5.41) is 0. The van der Waals surface area contributed by atoms with Gasteiger partial charge in [0.25, 0.3) is 10.0 Å². The highest BCUT2D eigenvalue weighted by atomic mass is 32.2. The molecule has 0 aliphatic carbocycles. The standard InChI is InChI=1S/C17H17NO5S/c1-22-14-10-12-8-9-17(19)18(13-6-4-3-5-7-13)24(20,21)16(12)11-15(14)23-2/h3-7,10-11H,8-9H2,1-2H3. The second kappa shape index (κ2) is 6.16. The monoisotopic (exact) mass is 347 g/mol. The van der Waals surface area contributed by atoms with Crippen LogP contribution in [0.5, 0.6) is 11.5 Å². The minimum Gasteiger partial charge on any atom is -0.493 e. The van der Waals surface area contributed by atoms with E-state index >= 15 is 0 Å². The molecule has 0 radical (unpaired) electrons. The van der Waals surface area contributed by atoms with Gasteiger partial charge in [0, 0.05) is 12.5 Å². The average Bonchev–Trinajstić information content (AvgIpc) is 2.68. The first kappa shape index (κ1) is 16.3. The molecule has 3 rings (SSSR count). The average molecular weight is 347 g/mol. The van der Waals surface area contributed by atoms with Crippen LogP contribution in [0.15, 0.2) is 47.4 Å². The van der Waals surface area contributed by atoms with Crippen molar-refractivity contribution in [3.05, 3.63) is 48.0 Å². The molecule has 0 unspecified atom stereocenters. The van der Waals surface area contributed by atoms with Crippen LogP contribution in [-0.4, -0.2) is 28.5 Å². The zero-order valence-corrected chi connectivity index (χ0v) is 14.2. The summed E-state index contributed by atoms with van der Waals surface area (Å²) in [5.74, 6) is 0.282. The third-order valence-corrected chi connectivity index (χ3v) is 5.74. The van der Waals surface area contributed by atoms with E-state index in [0.29, 0.717) is 29.2 Å². The largest absolute Gasteiger partial charge is 0.493 e. The molecule has 0 aromatic heterocycles. The van der Waals surface area contributed by atoms with E-state index in [9.17, 15) is 13.2 Å². The summed E-state index contributed by atoms with van der Waals surface area (Å²) in [7, 11) is -1.11. The Morgan fingerprint density at radius 2 is 1.58 bits per heavy atom. The molecular weight excluding hydrogens is 330 g/mol. The number of methoxy groups -OCH3 is 2. The molecule has 1 aliphatic heterocycles. The highest BCUT2D eigenvalue weighted by Gasteiger charge is 2.36. The molecule has 0 N–H and O–H groups in total. The number of para-hydroxylation sites is 1. The zero-order valence-electron chi connectivity index (χ0n) is 13.4. The molecule has 0 bridgehead atoms. The molecule has 24 heavy (non-hydrogen) atoms. The first-order valence-electron chi connectivity index (χ1n) is 7.37. The second-order valence-electron chi connectivity index (χ2n) is 5.31. The highest BCUT2D eigenvalue weighted by molar-refractivity contribution is 7.93. The summed E-state index contributed by atoms with van der Waals surface area (Å²) in [4.78, 5) is 12.6. The second-order valence-corrected chi connectivity index (χ2v) is 7.07. The first-order valence-corrected chi connectivity index (χ1v) is 8.81. The van der Waals surface area contributed by atoms with Gasteiger partial charge in [0.2, 0.25) is 5.91 Å². The Labute approximate surface area is 140 Å². The number of aryl methyl sites for hydroxylation is 1. The van der Waals surface area contributed by atoms with Crippen LogP contribution in [0.3, 0.4) is 0 Å². The van der Waals surface area contributed by atoms with E-state index in [1.807, 2.05) is 0 Å². The van der Waals surface area contributed by atoms with Crippen LogP contribution < -0.4 is 13.8 Å². The van der Waals surface area contributed by atoms with Crippen molar-refractivity contribution in [2.75, 3.05) is 18.5 Å². The lowest BCUT2D eigenvalue weighted by Gasteiger charge is -2.21. The quantitative estimate of drug-likeness (QED) is 0.852.